The molecule has 0 radical (unpaired) electrons. The number of carbonyl (C=O) groups is 2. The molecule has 3 N–H and O–H groups in total. The van der Waals surface area contributed by atoms with Crippen molar-refractivity contribution in [3.8, 4) is 0 Å². The van der Waals surface area contributed by atoms with Crippen LogP contribution < -0.4 is 5.32 Å². The van der Waals surface area contributed by atoms with Gasteiger partial charge in [0.05, 0.1) is 13.2 Å². The molecule has 1 amide bonds. The number of amides is 1. The summed E-state index contributed by atoms with van der Waals surface area (Å²) in [5.74, 6) is -1.30. The van der Waals surface area contributed by atoms with E-state index in [9.17, 15) is 9.59 Å². The molecule has 0 heterocycles. The molecule has 0 aliphatic carbocycles. The Morgan fingerprint density at radius 1 is 1.54 bits per heavy atom. The van der Waals surface area contributed by atoms with Crippen molar-refractivity contribution in [3.05, 3.63) is 0 Å². The fraction of sp³-hybridized carbons (Fsp3) is 0.714. The van der Waals surface area contributed by atoms with Crippen LogP contribution in [0.25, 0.3) is 0 Å². The average Bonchev–Trinajstić information content (AvgIpc) is 2.10. The quantitative estimate of drug-likeness (QED) is 0.548. The standard InChI is InChI=1S/C7H13NO5/c1-2-3-13-7(12)8-5(4-9)6(10)11/h5,9H,2-4H2,1H3,(H,8,12)(H,10,11)/t5-/m1/s1. The van der Waals surface area contributed by atoms with Gasteiger partial charge in [-0.2, -0.15) is 0 Å². The third-order valence-electron chi connectivity index (χ3n) is 1.21. The van der Waals surface area contributed by atoms with E-state index in [0.717, 1.165) is 0 Å². The zero-order valence-corrected chi connectivity index (χ0v) is 7.32. The van der Waals surface area contributed by atoms with Gasteiger partial charge >= 0.3 is 12.1 Å². The van der Waals surface area contributed by atoms with Crippen molar-refractivity contribution in [2.75, 3.05) is 13.2 Å². The van der Waals surface area contributed by atoms with Crippen molar-refractivity contribution in [1.82, 2.24) is 5.32 Å². The molecule has 0 rings (SSSR count). The fourth-order valence-corrected chi connectivity index (χ4v) is 0.564. The van der Waals surface area contributed by atoms with E-state index in [0.29, 0.717) is 6.42 Å². The Hall–Kier alpha value is -1.30. The number of hydrogen-bond acceptors (Lipinski definition) is 4. The molecular formula is C7H13NO5. The van der Waals surface area contributed by atoms with E-state index < -0.39 is 24.7 Å². The lowest BCUT2D eigenvalue weighted by atomic mass is 10.3. The Balaban J connectivity index is 3.80. The highest BCUT2D eigenvalue weighted by Crippen LogP contribution is 1.86. The van der Waals surface area contributed by atoms with Gasteiger partial charge < -0.3 is 20.3 Å². The minimum Gasteiger partial charge on any atom is -0.480 e. The van der Waals surface area contributed by atoms with Crippen molar-refractivity contribution >= 4 is 12.1 Å². The fourth-order valence-electron chi connectivity index (χ4n) is 0.564. The average molecular weight is 191 g/mol. The van der Waals surface area contributed by atoms with Crippen molar-refractivity contribution in [2.24, 2.45) is 0 Å². The lowest BCUT2D eigenvalue weighted by Gasteiger charge is -2.11. The summed E-state index contributed by atoms with van der Waals surface area (Å²) in [6.07, 6.45) is -0.173. The number of carbonyl (C=O) groups excluding carboxylic acids is 1. The lowest BCUT2D eigenvalue weighted by Crippen LogP contribution is -2.43. The van der Waals surface area contributed by atoms with Crippen LogP contribution in [0.5, 0.6) is 0 Å². The van der Waals surface area contributed by atoms with Gasteiger partial charge in [-0.05, 0) is 6.42 Å². The van der Waals surface area contributed by atoms with Gasteiger partial charge in [0.15, 0.2) is 6.04 Å². The second-order valence-electron chi connectivity index (χ2n) is 2.35. The molecule has 1 atom stereocenters. The van der Waals surface area contributed by atoms with Crippen LogP contribution in [0.15, 0.2) is 0 Å². The number of aliphatic hydroxyl groups excluding tert-OH is 1. The summed E-state index contributed by atoms with van der Waals surface area (Å²) in [5.41, 5.74) is 0. The van der Waals surface area contributed by atoms with Crippen LogP contribution in [0.4, 0.5) is 4.79 Å². The number of carboxylic acids is 1. The summed E-state index contributed by atoms with van der Waals surface area (Å²) in [6, 6.07) is -1.30. The van der Waals surface area contributed by atoms with Gasteiger partial charge in [-0.15, -0.1) is 0 Å². The van der Waals surface area contributed by atoms with Crippen LogP contribution >= 0.6 is 0 Å². The predicted octanol–water partition coefficient (Wildman–Crippen LogP) is -0.432. The molecule has 0 aliphatic heterocycles. The minimum atomic E-state index is -1.30. The molecule has 0 aromatic rings. The van der Waals surface area contributed by atoms with Gasteiger partial charge in [0.25, 0.3) is 0 Å². The first-order chi connectivity index (χ1) is 6.11. The van der Waals surface area contributed by atoms with E-state index in [1.165, 1.54) is 0 Å². The van der Waals surface area contributed by atoms with Gasteiger partial charge in [-0.1, -0.05) is 6.92 Å². The lowest BCUT2D eigenvalue weighted by molar-refractivity contribution is -0.140. The Morgan fingerprint density at radius 2 is 2.15 bits per heavy atom. The molecule has 0 aromatic heterocycles. The molecule has 13 heavy (non-hydrogen) atoms. The number of nitrogens with one attached hydrogen (secondary N) is 1. The number of aliphatic carboxylic acids is 1. The summed E-state index contributed by atoms with van der Waals surface area (Å²) in [5, 5.41) is 18.9. The van der Waals surface area contributed by atoms with E-state index in [1.54, 1.807) is 0 Å². The van der Waals surface area contributed by atoms with Gasteiger partial charge in [0, 0.05) is 0 Å². The molecular weight excluding hydrogens is 178 g/mol. The smallest absolute Gasteiger partial charge is 0.407 e. The van der Waals surface area contributed by atoms with Crippen LogP contribution in [0.2, 0.25) is 0 Å². The molecule has 0 bridgehead atoms. The van der Waals surface area contributed by atoms with Crippen molar-refractivity contribution in [1.29, 1.82) is 0 Å². The zero-order chi connectivity index (χ0) is 10.3. The maximum atomic E-state index is 10.8. The van der Waals surface area contributed by atoms with Gasteiger partial charge in [0.2, 0.25) is 0 Å². The molecule has 6 nitrogen and oxygen atoms in total. The SMILES string of the molecule is CCCOC(=O)N[C@H](CO)C(=O)O. The van der Waals surface area contributed by atoms with E-state index in [2.05, 4.69) is 4.74 Å². The molecule has 0 saturated carbocycles. The van der Waals surface area contributed by atoms with Crippen LogP contribution in [0.1, 0.15) is 13.3 Å². The topological polar surface area (TPSA) is 95.9 Å². The van der Waals surface area contributed by atoms with E-state index in [4.69, 9.17) is 10.2 Å². The third kappa shape index (κ3) is 5.02. The first-order valence-electron chi connectivity index (χ1n) is 3.88. The third-order valence-corrected chi connectivity index (χ3v) is 1.21. The molecule has 76 valence electrons. The summed E-state index contributed by atoms with van der Waals surface area (Å²) >= 11 is 0. The summed E-state index contributed by atoms with van der Waals surface area (Å²) < 4.78 is 4.55. The van der Waals surface area contributed by atoms with Crippen LogP contribution in [0.3, 0.4) is 0 Å². The molecule has 6 heteroatoms. The first-order valence-corrected chi connectivity index (χ1v) is 3.88. The van der Waals surface area contributed by atoms with Crippen molar-refractivity contribution in [3.63, 3.8) is 0 Å². The predicted molar refractivity (Wildman–Crippen MR) is 43.3 cm³/mol. The maximum Gasteiger partial charge on any atom is 0.407 e. The van der Waals surface area contributed by atoms with E-state index >= 15 is 0 Å². The monoisotopic (exact) mass is 191 g/mol. The summed E-state index contributed by atoms with van der Waals surface area (Å²) in [6.45, 7) is 1.38. The number of alkyl carbamates (subject to hydrolysis) is 1. The second-order valence-corrected chi connectivity index (χ2v) is 2.35. The Morgan fingerprint density at radius 3 is 2.54 bits per heavy atom. The second kappa shape index (κ2) is 6.24. The van der Waals surface area contributed by atoms with Crippen molar-refractivity contribution < 1.29 is 24.5 Å². The molecule has 0 aromatic carbocycles. The summed E-state index contributed by atoms with van der Waals surface area (Å²) in [4.78, 5) is 21.1. The van der Waals surface area contributed by atoms with Crippen LogP contribution in [-0.4, -0.2) is 41.5 Å². The zero-order valence-electron chi connectivity index (χ0n) is 7.32. The van der Waals surface area contributed by atoms with Gasteiger partial charge in [-0.3, -0.25) is 0 Å². The van der Waals surface area contributed by atoms with Gasteiger partial charge in [0.1, 0.15) is 0 Å². The highest BCUT2D eigenvalue weighted by Gasteiger charge is 2.18. The Kier molecular flexibility index (Phi) is 5.62. The Bertz CT molecular complexity index is 182. The number of rotatable bonds is 5. The van der Waals surface area contributed by atoms with Crippen LogP contribution in [-0.2, 0) is 9.53 Å². The largest absolute Gasteiger partial charge is 0.480 e. The number of aliphatic hydroxyl groups is 1. The molecule has 0 fully saturated rings. The minimum absolute atomic E-state index is 0.226. The molecule has 0 saturated heterocycles. The number of carboxylic acid groups (broad SMARTS) is 1. The van der Waals surface area contributed by atoms with Crippen LogP contribution in [0, 0.1) is 0 Å². The summed E-state index contributed by atoms with van der Waals surface area (Å²) in [7, 11) is 0. The normalized spacial score (nSPS) is 11.8. The number of hydrogen-bond donors (Lipinski definition) is 3. The van der Waals surface area contributed by atoms with E-state index in [-0.39, 0.29) is 6.61 Å². The van der Waals surface area contributed by atoms with Gasteiger partial charge in [-0.25, -0.2) is 9.59 Å². The molecule has 0 aliphatic rings. The Labute approximate surface area is 75.5 Å². The molecule has 0 unspecified atom stereocenters. The maximum absolute atomic E-state index is 10.8. The van der Waals surface area contributed by atoms with E-state index in [1.807, 2.05) is 12.2 Å². The highest BCUT2D eigenvalue weighted by molar-refractivity contribution is 5.79. The highest BCUT2D eigenvalue weighted by atomic mass is 16.5. The number of ether oxygens (including phenoxy) is 1. The van der Waals surface area contributed by atoms with Crippen molar-refractivity contribution in [2.45, 2.75) is 19.4 Å². The molecule has 0 spiro atoms. The first kappa shape index (κ1) is 11.7.